The number of hydrogen-bond acceptors (Lipinski definition) is 4. The number of thioether (sulfide) groups is 1. The second kappa shape index (κ2) is 5.25. The molecule has 0 saturated heterocycles. The fraction of sp³-hybridized carbons (Fsp3) is 0.692. The summed E-state index contributed by atoms with van der Waals surface area (Å²) < 4.78 is 0. The van der Waals surface area contributed by atoms with Crippen LogP contribution in [0.2, 0.25) is 0 Å². The van der Waals surface area contributed by atoms with Crippen LogP contribution in [0.3, 0.4) is 0 Å². The third-order valence-corrected chi connectivity index (χ3v) is 3.87. The normalized spacial score (nSPS) is 12.2. The van der Waals surface area contributed by atoms with E-state index in [-0.39, 0.29) is 5.41 Å². The molecule has 0 saturated carbocycles. The number of anilines is 1. The van der Waals surface area contributed by atoms with Gasteiger partial charge in [-0.2, -0.15) is 0 Å². The molecule has 0 aliphatic heterocycles. The lowest BCUT2D eigenvalue weighted by molar-refractivity contribution is 0.538. The largest absolute Gasteiger partial charge is 0.383 e. The highest BCUT2D eigenvalue weighted by Crippen LogP contribution is 2.28. The van der Waals surface area contributed by atoms with Gasteiger partial charge in [-0.15, -0.1) is 11.8 Å². The fourth-order valence-electron chi connectivity index (χ4n) is 1.23. The van der Waals surface area contributed by atoms with Gasteiger partial charge < -0.3 is 5.73 Å². The molecule has 1 aromatic rings. The quantitative estimate of drug-likeness (QED) is 0.662. The standard InChI is InChI=1S/C13H23N3S/c1-8(2)7-17-11-9(3)10(14)15-12(16-11)13(4,5)6/h8H,7H2,1-6H3,(H2,14,15,16). The first kappa shape index (κ1) is 14.3. The zero-order chi connectivity index (χ0) is 13.2. The summed E-state index contributed by atoms with van der Waals surface area (Å²) in [6.07, 6.45) is 0. The summed E-state index contributed by atoms with van der Waals surface area (Å²) in [5, 5.41) is 1.02. The summed E-state index contributed by atoms with van der Waals surface area (Å²) >= 11 is 1.77. The van der Waals surface area contributed by atoms with Gasteiger partial charge in [-0.1, -0.05) is 34.6 Å². The van der Waals surface area contributed by atoms with Crippen LogP contribution in [0.15, 0.2) is 5.03 Å². The topological polar surface area (TPSA) is 51.8 Å². The Balaban J connectivity index is 3.07. The number of rotatable bonds is 3. The minimum atomic E-state index is -0.0606. The van der Waals surface area contributed by atoms with Gasteiger partial charge in [-0.05, 0) is 12.8 Å². The molecule has 1 aromatic heterocycles. The van der Waals surface area contributed by atoms with Crippen LogP contribution in [0.25, 0.3) is 0 Å². The summed E-state index contributed by atoms with van der Waals surface area (Å²) in [6.45, 7) is 12.7. The molecule has 1 rings (SSSR count). The van der Waals surface area contributed by atoms with Crippen molar-refractivity contribution >= 4 is 17.6 Å². The Morgan fingerprint density at radius 3 is 2.29 bits per heavy atom. The van der Waals surface area contributed by atoms with Gasteiger partial charge in [0.15, 0.2) is 0 Å². The molecule has 0 atom stereocenters. The molecule has 0 bridgehead atoms. The second-order valence-corrected chi connectivity index (χ2v) is 6.83. The van der Waals surface area contributed by atoms with Crippen molar-refractivity contribution in [1.82, 2.24) is 9.97 Å². The molecule has 0 radical (unpaired) electrons. The first-order chi connectivity index (χ1) is 7.71. The van der Waals surface area contributed by atoms with Crippen LogP contribution in [0.4, 0.5) is 5.82 Å². The lowest BCUT2D eigenvalue weighted by atomic mass is 9.95. The minimum absolute atomic E-state index is 0.0606. The lowest BCUT2D eigenvalue weighted by Crippen LogP contribution is -2.18. The van der Waals surface area contributed by atoms with Crippen molar-refractivity contribution in [3.05, 3.63) is 11.4 Å². The molecule has 17 heavy (non-hydrogen) atoms. The summed E-state index contributed by atoms with van der Waals surface area (Å²) in [7, 11) is 0. The lowest BCUT2D eigenvalue weighted by Gasteiger charge is -2.19. The van der Waals surface area contributed by atoms with E-state index in [1.165, 1.54) is 0 Å². The Morgan fingerprint density at radius 2 is 1.82 bits per heavy atom. The summed E-state index contributed by atoms with van der Waals surface area (Å²) in [4.78, 5) is 9.03. The maximum atomic E-state index is 5.96. The summed E-state index contributed by atoms with van der Waals surface area (Å²) in [5.41, 5.74) is 6.90. The van der Waals surface area contributed by atoms with Crippen molar-refractivity contribution in [3.63, 3.8) is 0 Å². The summed E-state index contributed by atoms with van der Waals surface area (Å²) in [5.74, 6) is 3.14. The van der Waals surface area contributed by atoms with Gasteiger partial charge in [0, 0.05) is 16.7 Å². The monoisotopic (exact) mass is 253 g/mol. The second-order valence-electron chi connectivity index (χ2n) is 5.82. The van der Waals surface area contributed by atoms with Gasteiger partial charge in [0.1, 0.15) is 16.7 Å². The Morgan fingerprint density at radius 1 is 1.24 bits per heavy atom. The predicted molar refractivity (Wildman–Crippen MR) is 75.4 cm³/mol. The first-order valence-corrected chi connectivity index (χ1v) is 6.97. The average molecular weight is 253 g/mol. The number of aromatic nitrogens is 2. The van der Waals surface area contributed by atoms with Gasteiger partial charge in [-0.25, -0.2) is 9.97 Å². The Kier molecular flexibility index (Phi) is 4.42. The Bertz CT molecular complexity index is 394. The molecule has 4 heteroatoms. The highest BCUT2D eigenvalue weighted by atomic mass is 32.2. The Labute approximate surface area is 109 Å². The van der Waals surface area contributed by atoms with Gasteiger partial charge in [0.05, 0.1) is 0 Å². The highest BCUT2D eigenvalue weighted by Gasteiger charge is 2.20. The van der Waals surface area contributed by atoms with E-state index in [0.717, 1.165) is 22.2 Å². The van der Waals surface area contributed by atoms with Crippen LogP contribution >= 0.6 is 11.8 Å². The van der Waals surface area contributed by atoms with E-state index in [4.69, 9.17) is 5.73 Å². The van der Waals surface area contributed by atoms with E-state index < -0.39 is 0 Å². The van der Waals surface area contributed by atoms with Crippen molar-refractivity contribution in [2.75, 3.05) is 11.5 Å². The molecule has 96 valence electrons. The molecule has 0 unspecified atom stereocenters. The smallest absolute Gasteiger partial charge is 0.137 e. The van der Waals surface area contributed by atoms with Gasteiger partial charge >= 0.3 is 0 Å². The van der Waals surface area contributed by atoms with E-state index in [9.17, 15) is 0 Å². The van der Waals surface area contributed by atoms with Crippen molar-refractivity contribution < 1.29 is 0 Å². The molecular weight excluding hydrogens is 230 g/mol. The van der Waals surface area contributed by atoms with Crippen molar-refractivity contribution in [2.45, 2.75) is 52.0 Å². The Hall–Kier alpha value is -0.770. The first-order valence-electron chi connectivity index (χ1n) is 5.99. The minimum Gasteiger partial charge on any atom is -0.383 e. The number of nitrogen functional groups attached to an aromatic ring is 1. The number of nitrogens with zero attached hydrogens (tertiary/aromatic N) is 2. The van der Waals surface area contributed by atoms with Gasteiger partial charge in [0.25, 0.3) is 0 Å². The van der Waals surface area contributed by atoms with Crippen LogP contribution in [-0.2, 0) is 5.41 Å². The molecule has 3 nitrogen and oxygen atoms in total. The van der Waals surface area contributed by atoms with E-state index in [2.05, 4.69) is 44.6 Å². The average Bonchev–Trinajstić information content (AvgIpc) is 2.18. The van der Waals surface area contributed by atoms with Gasteiger partial charge in [-0.3, -0.25) is 0 Å². The van der Waals surface area contributed by atoms with Crippen LogP contribution < -0.4 is 5.73 Å². The van der Waals surface area contributed by atoms with Crippen molar-refractivity contribution in [2.24, 2.45) is 5.92 Å². The molecule has 2 N–H and O–H groups in total. The van der Waals surface area contributed by atoms with Crippen LogP contribution in [0, 0.1) is 12.8 Å². The zero-order valence-electron chi connectivity index (χ0n) is 11.7. The molecule has 1 heterocycles. The molecule has 0 spiro atoms. The molecule has 0 aliphatic carbocycles. The molecule has 0 fully saturated rings. The molecular formula is C13H23N3S. The predicted octanol–water partition coefficient (Wildman–Crippen LogP) is 3.41. The number of nitrogens with two attached hydrogens (primary N) is 1. The van der Waals surface area contributed by atoms with Crippen LogP contribution in [0.5, 0.6) is 0 Å². The van der Waals surface area contributed by atoms with Crippen molar-refractivity contribution in [1.29, 1.82) is 0 Å². The zero-order valence-corrected chi connectivity index (χ0v) is 12.5. The third kappa shape index (κ3) is 3.87. The molecule has 0 amide bonds. The number of hydrogen-bond donors (Lipinski definition) is 1. The van der Waals surface area contributed by atoms with E-state index in [0.29, 0.717) is 11.7 Å². The van der Waals surface area contributed by atoms with Crippen LogP contribution in [0.1, 0.15) is 46.0 Å². The van der Waals surface area contributed by atoms with Crippen molar-refractivity contribution in [3.8, 4) is 0 Å². The maximum absolute atomic E-state index is 5.96. The third-order valence-electron chi connectivity index (χ3n) is 2.36. The SMILES string of the molecule is Cc1c(N)nc(C(C)(C)C)nc1SCC(C)C. The fourth-order valence-corrected chi connectivity index (χ4v) is 2.20. The van der Waals surface area contributed by atoms with E-state index in [1.807, 2.05) is 6.92 Å². The molecule has 0 aliphatic rings. The van der Waals surface area contributed by atoms with E-state index in [1.54, 1.807) is 11.8 Å². The summed E-state index contributed by atoms with van der Waals surface area (Å²) in [6, 6.07) is 0. The van der Waals surface area contributed by atoms with Crippen LogP contribution in [-0.4, -0.2) is 15.7 Å². The molecule has 0 aromatic carbocycles. The highest BCUT2D eigenvalue weighted by molar-refractivity contribution is 7.99. The van der Waals surface area contributed by atoms with Gasteiger partial charge in [0.2, 0.25) is 0 Å². The maximum Gasteiger partial charge on any atom is 0.137 e. The van der Waals surface area contributed by atoms with E-state index >= 15 is 0 Å².